The van der Waals surface area contributed by atoms with Gasteiger partial charge in [0.25, 0.3) is 21.8 Å². The largest absolute Gasteiger partial charge is 0.366 e. The summed E-state index contributed by atoms with van der Waals surface area (Å²) in [6, 6.07) is 7.64. The number of benzene rings is 1. The van der Waals surface area contributed by atoms with Crippen LogP contribution in [0.15, 0.2) is 34.5 Å². The number of rotatable bonds is 5. The summed E-state index contributed by atoms with van der Waals surface area (Å²) >= 11 is 6.83. The minimum Gasteiger partial charge on any atom is -0.366 e. The molecule has 0 radical (unpaired) electrons. The normalized spacial score (nSPS) is 15.4. The number of piperidine rings is 1. The third-order valence-corrected chi connectivity index (χ3v) is 7.96. The molecule has 7 nitrogen and oxygen atoms in total. The van der Waals surface area contributed by atoms with E-state index in [9.17, 15) is 18.0 Å². The Balaban J connectivity index is 1.93. The maximum atomic E-state index is 12.8. The van der Waals surface area contributed by atoms with Crippen LogP contribution in [-0.4, -0.2) is 37.6 Å². The van der Waals surface area contributed by atoms with Crippen LogP contribution in [0.4, 0.5) is 5.00 Å². The van der Waals surface area contributed by atoms with Gasteiger partial charge in [0.05, 0.1) is 16.1 Å². The van der Waals surface area contributed by atoms with Gasteiger partial charge in [-0.05, 0) is 31.0 Å². The summed E-state index contributed by atoms with van der Waals surface area (Å²) in [7, 11) is -3.74. The first-order chi connectivity index (χ1) is 12.8. The average molecular weight is 428 g/mol. The highest BCUT2D eigenvalue weighted by Gasteiger charge is 2.30. The Hall–Kier alpha value is -1.94. The van der Waals surface area contributed by atoms with Crippen molar-refractivity contribution in [3.63, 3.8) is 0 Å². The van der Waals surface area contributed by atoms with E-state index in [0.717, 1.165) is 30.6 Å². The van der Waals surface area contributed by atoms with Crippen LogP contribution in [0.1, 0.15) is 40.0 Å². The van der Waals surface area contributed by atoms with Gasteiger partial charge in [-0.15, -0.1) is 11.3 Å². The lowest BCUT2D eigenvalue weighted by molar-refractivity contribution is 0.100. The standard InChI is InChI=1S/C17H18ClN3O4S2/c18-13-7-3-2-6-11(13)16(23)20-17-12(15(19)22)10-14(26-17)27(24,25)21-8-4-1-5-9-21/h2-3,6-7,10H,1,4-5,8-9H2,(H2,19,22)(H,20,23). The number of hydrogen-bond donors (Lipinski definition) is 2. The first kappa shape index (κ1) is 19.8. The monoisotopic (exact) mass is 427 g/mol. The van der Waals surface area contributed by atoms with Crippen molar-refractivity contribution in [3.8, 4) is 0 Å². The quantitative estimate of drug-likeness (QED) is 0.764. The van der Waals surface area contributed by atoms with Gasteiger partial charge in [0.15, 0.2) is 0 Å². The zero-order valence-electron chi connectivity index (χ0n) is 14.3. The highest BCUT2D eigenvalue weighted by atomic mass is 35.5. The Kier molecular flexibility index (Phi) is 5.85. The predicted octanol–water partition coefficient (Wildman–Crippen LogP) is 2.93. The summed E-state index contributed by atoms with van der Waals surface area (Å²) in [6.07, 6.45) is 2.58. The molecule has 0 saturated carbocycles. The second kappa shape index (κ2) is 7.97. The Morgan fingerprint density at radius 2 is 1.78 bits per heavy atom. The molecule has 10 heteroatoms. The molecule has 1 aliphatic rings. The number of sulfonamides is 1. The first-order valence-corrected chi connectivity index (χ1v) is 10.9. The number of nitrogens with one attached hydrogen (secondary N) is 1. The van der Waals surface area contributed by atoms with E-state index in [2.05, 4.69) is 5.32 Å². The average Bonchev–Trinajstić information content (AvgIpc) is 3.07. The van der Waals surface area contributed by atoms with Gasteiger partial charge in [0.1, 0.15) is 9.21 Å². The van der Waals surface area contributed by atoms with E-state index < -0.39 is 21.8 Å². The van der Waals surface area contributed by atoms with Crippen molar-refractivity contribution >= 4 is 49.8 Å². The third-order valence-electron chi connectivity index (χ3n) is 4.23. The molecule has 1 aromatic carbocycles. The van der Waals surface area contributed by atoms with Gasteiger partial charge in [-0.3, -0.25) is 9.59 Å². The molecular formula is C17H18ClN3O4S2. The fourth-order valence-corrected chi connectivity index (χ4v) is 6.08. The summed E-state index contributed by atoms with van der Waals surface area (Å²) < 4.78 is 27.0. The molecule has 1 saturated heterocycles. The molecule has 0 unspecified atom stereocenters. The first-order valence-electron chi connectivity index (χ1n) is 8.30. The summed E-state index contributed by atoms with van der Waals surface area (Å²) in [5.74, 6) is -1.37. The van der Waals surface area contributed by atoms with Crippen LogP contribution in [0, 0.1) is 0 Å². The summed E-state index contributed by atoms with van der Waals surface area (Å²) in [5.41, 5.74) is 5.54. The molecule has 27 heavy (non-hydrogen) atoms. The Labute approximate surface area is 166 Å². The van der Waals surface area contributed by atoms with Crippen LogP contribution >= 0.6 is 22.9 Å². The number of hydrogen-bond acceptors (Lipinski definition) is 5. The Morgan fingerprint density at radius 1 is 1.11 bits per heavy atom. The Morgan fingerprint density at radius 3 is 2.41 bits per heavy atom. The van der Waals surface area contributed by atoms with E-state index in [1.54, 1.807) is 18.2 Å². The molecule has 2 amide bonds. The second-order valence-electron chi connectivity index (χ2n) is 6.07. The molecule has 2 heterocycles. The smallest absolute Gasteiger partial charge is 0.257 e. The van der Waals surface area contributed by atoms with E-state index in [1.807, 2.05) is 0 Å². The maximum Gasteiger partial charge on any atom is 0.257 e. The molecule has 1 fully saturated rings. The number of halogens is 1. The van der Waals surface area contributed by atoms with Crippen LogP contribution in [0.3, 0.4) is 0 Å². The Bertz CT molecular complexity index is 982. The SMILES string of the molecule is NC(=O)c1cc(S(=O)(=O)N2CCCCC2)sc1NC(=O)c1ccccc1Cl. The predicted molar refractivity (Wildman–Crippen MR) is 105 cm³/mol. The molecule has 2 aromatic rings. The third kappa shape index (κ3) is 4.16. The lowest BCUT2D eigenvalue weighted by atomic mass is 10.2. The van der Waals surface area contributed by atoms with Gasteiger partial charge in [-0.2, -0.15) is 4.31 Å². The number of thiophene rings is 1. The molecule has 1 aromatic heterocycles. The number of nitrogens with zero attached hydrogens (tertiary/aromatic N) is 1. The van der Waals surface area contributed by atoms with Crippen molar-refractivity contribution in [2.24, 2.45) is 5.73 Å². The molecule has 0 bridgehead atoms. The second-order valence-corrected chi connectivity index (χ2v) is 9.70. The van der Waals surface area contributed by atoms with Gasteiger partial charge in [0, 0.05) is 13.1 Å². The van der Waals surface area contributed by atoms with Gasteiger partial charge in [0.2, 0.25) is 0 Å². The molecule has 3 rings (SSSR count). The minimum absolute atomic E-state index is 0.0207. The zero-order valence-corrected chi connectivity index (χ0v) is 16.7. The molecule has 0 spiro atoms. The minimum atomic E-state index is -3.74. The highest BCUT2D eigenvalue weighted by molar-refractivity contribution is 7.91. The van der Waals surface area contributed by atoms with Crippen molar-refractivity contribution < 1.29 is 18.0 Å². The number of carbonyl (C=O) groups excluding carboxylic acids is 2. The zero-order chi connectivity index (χ0) is 19.6. The number of amides is 2. The number of nitrogens with two attached hydrogens (primary N) is 1. The van der Waals surface area contributed by atoms with Gasteiger partial charge in [-0.1, -0.05) is 30.2 Å². The number of primary amides is 1. The summed E-state index contributed by atoms with van der Waals surface area (Å²) in [4.78, 5) is 24.2. The summed E-state index contributed by atoms with van der Waals surface area (Å²) in [6.45, 7) is 0.876. The van der Waals surface area contributed by atoms with E-state index in [0.29, 0.717) is 13.1 Å². The van der Waals surface area contributed by atoms with Crippen molar-refractivity contribution in [2.45, 2.75) is 23.5 Å². The number of carbonyl (C=O) groups is 2. The molecule has 0 atom stereocenters. The highest BCUT2D eigenvalue weighted by Crippen LogP contribution is 2.34. The van der Waals surface area contributed by atoms with E-state index in [-0.39, 0.29) is 25.4 Å². The number of anilines is 1. The molecular weight excluding hydrogens is 410 g/mol. The summed E-state index contributed by atoms with van der Waals surface area (Å²) in [5, 5.41) is 2.89. The van der Waals surface area contributed by atoms with Crippen LogP contribution in [0.2, 0.25) is 5.02 Å². The van der Waals surface area contributed by atoms with Crippen molar-refractivity contribution in [3.05, 3.63) is 46.5 Å². The van der Waals surface area contributed by atoms with E-state index in [1.165, 1.54) is 16.4 Å². The maximum absolute atomic E-state index is 12.8. The van der Waals surface area contributed by atoms with Gasteiger partial charge < -0.3 is 11.1 Å². The van der Waals surface area contributed by atoms with Crippen LogP contribution in [-0.2, 0) is 10.0 Å². The molecule has 1 aliphatic heterocycles. The fraction of sp³-hybridized carbons (Fsp3) is 0.294. The lowest BCUT2D eigenvalue weighted by Gasteiger charge is -2.25. The van der Waals surface area contributed by atoms with Crippen LogP contribution in [0.25, 0.3) is 0 Å². The van der Waals surface area contributed by atoms with Crippen LogP contribution < -0.4 is 11.1 Å². The van der Waals surface area contributed by atoms with Crippen molar-refractivity contribution in [1.29, 1.82) is 0 Å². The van der Waals surface area contributed by atoms with Gasteiger partial charge in [-0.25, -0.2) is 8.42 Å². The van der Waals surface area contributed by atoms with Crippen molar-refractivity contribution in [1.82, 2.24) is 4.31 Å². The topological polar surface area (TPSA) is 110 Å². The van der Waals surface area contributed by atoms with Crippen LogP contribution in [0.5, 0.6) is 0 Å². The fourth-order valence-electron chi connectivity index (χ4n) is 2.82. The lowest BCUT2D eigenvalue weighted by Crippen LogP contribution is -2.35. The van der Waals surface area contributed by atoms with Gasteiger partial charge >= 0.3 is 0 Å². The molecule has 3 N–H and O–H groups in total. The van der Waals surface area contributed by atoms with E-state index in [4.69, 9.17) is 17.3 Å². The van der Waals surface area contributed by atoms with E-state index >= 15 is 0 Å². The van der Waals surface area contributed by atoms with Crippen molar-refractivity contribution in [2.75, 3.05) is 18.4 Å². The molecule has 0 aliphatic carbocycles. The molecule has 144 valence electrons.